The molecule has 0 unspecified atom stereocenters. The largest absolute Gasteiger partial charge is 0.380 e. The number of fused-ring (bicyclic) bond motifs is 1. The van der Waals surface area contributed by atoms with Crippen molar-refractivity contribution in [3.8, 4) is 17.3 Å². The van der Waals surface area contributed by atoms with Crippen LogP contribution in [0.15, 0.2) is 36.7 Å². The Bertz CT molecular complexity index is 1020. The van der Waals surface area contributed by atoms with E-state index in [9.17, 15) is 0 Å². The molecule has 0 radical (unpaired) electrons. The van der Waals surface area contributed by atoms with E-state index < -0.39 is 0 Å². The Morgan fingerprint density at radius 3 is 2.72 bits per heavy atom. The molecule has 1 spiro atoms. The monoisotopic (exact) mass is 331 g/mol. The van der Waals surface area contributed by atoms with Gasteiger partial charge in [0.05, 0.1) is 36.0 Å². The second-order valence-corrected chi connectivity index (χ2v) is 7.12. The molecule has 0 aliphatic carbocycles. The van der Waals surface area contributed by atoms with Crippen LogP contribution in [0, 0.1) is 23.7 Å². The lowest BCUT2D eigenvalue weighted by atomic mass is 9.78. The van der Waals surface area contributed by atoms with E-state index in [2.05, 4.69) is 33.2 Å². The van der Waals surface area contributed by atoms with Crippen molar-refractivity contribution in [2.75, 3.05) is 31.2 Å². The first kappa shape index (κ1) is 14.4. The molecule has 2 fully saturated rings. The molecule has 2 aromatic heterocycles. The maximum absolute atomic E-state index is 9.10. The van der Waals surface area contributed by atoms with Crippen LogP contribution < -0.4 is 4.90 Å². The van der Waals surface area contributed by atoms with Gasteiger partial charge < -0.3 is 9.64 Å². The predicted molar refractivity (Wildman–Crippen MR) is 93.3 cm³/mol. The van der Waals surface area contributed by atoms with Gasteiger partial charge in [-0.25, -0.2) is 9.50 Å². The van der Waals surface area contributed by atoms with Gasteiger partial charge in [0.1, 0.15) is 6.33 Å². The summed E-state index contributed by atoms with van der Waals surface area (Å²) in [5.74, 6) is 0. The molecule has 0 N–H and O–H groups in total. The fourth-order valence-corrected chi connectivity index (χ4v) is 3.82. The van der Waals surface area contributed by atoms with E-state index in [-0.39, 0.29) is 0 Å². The molecule has 1 aromatic carbocycles. The van der Waals surface area contributed by atoms with Gasteiger partial charge in [-0.3, -0.25) is 0 Å². The van der Waals surface area contributed by atoms with Crippen molar-refractivity contribution in [3.63, 3.8) is 0 Å². The van der Waals surface area contributed by atoms with Crippen molar-refractivity contribution in [1.82, 2.24) is 14.6 Å². The number of nitrogens with zero attached hydrogens (tertiary/aromatic N) is 5. The summed E-state index contributed by atoms with van der Waals surface area (Å²) in [7, 11) is 0. The number of pyridine rings is 1. The number of ether oxygens (including phenoxy) is 1. The van der Waals surface area contributed by atoms with Crippen LogP contribution >= 0.6 is 0 Å². The molecule has 2 aliphatic heterocycles. The van der Waals surface area contributed by atoms with Gasteiger partial charge in [0.2, 0.25) is 0 Å². The Hall–Kier alpha value is -2.91. The minimum atomic E-state index is 0.365. The molecule has 0 amide bonds. The Kier molecular flexibility index (Phi) is 2.91. The molecule has 0 atom stereocenters. The van der Waals surface area contributed by atoms with E-state index in [1.54, 1.807) is 6.33 Å². The molecule has 6 nitrogen and oxygen atoms in total. The Balaban J connectivity index is 1.60. The molecule has 124 valence electrons. The number of aryl methyl sites for hydroxylation is 1. The maximum Gasteiger partial charge on any atom is 0.158 e. The third kappa shape index (κ3) is 2.13. The predicted octanol–water partition coefficient (Wildman–Crippen LogP) is 2.41. The normalized spacial score (nSPS) is 18.0. The fourth-order valence-electron chi connectivity index (χ4n) is 3.82. The van der Waals surface area contributed by atoms with Gasteiger partial charge in [0.25, 0.3) is 0 Å². The molecular formula is C19H17N5O. The summed E-state index contributed by atoms with van der Waals surface area (Å²) >= 11 is 0. The van der Waals surface area contributed by atoms with Gasteiger partial charge in [-0.2, -0.15) is 10.4 Å². The van der Waals surface area contributed by atoms with Gasteiger partial charge in [-0.15, -0.1) is 0 Å². The molecule has 4 heterocycles. The molecule has 2 saturated heterocycles. The zero-order valence-corrected chi connectivity index (χ0v) is 13.9. The quantitative estimate of drug-likeness (QED) is 0.721. The van der Waals surface area contributed by atoms with Crippen LogP contribution in [0.2, 0.25) is 0 Å². The first-order valence-electron chi connectivity index (χ1n) is 8.35. The Morgan fingerprint density at radius 2 is 2.04 bits per heavy atom. The first-order valence-corrected chi connectivity index (χ1v) is 8.35. The number of benzene rings is 1. The Morgan fingerprint density at radius 1 is 1.20 bits per heavy atom. The van der Waals surface area contributed by atoms with Gasteiger partial charge in [-0.05, 0) is 30.7 Å². The number of rotatable bonds is 2. The molecule has 5 rings (SSSR count). The fraction of sp³-hybridized carbons (Fsp3) is 0.316. The second kappa shape index (κ2) is 5.04. The molecule has 0 saturated carbocycles. The summed E-state index contributed by atoms with van der Waals surface area (Å²) in [6.45, 7) is 5.83. The van der Waals surface area contributed by atoms with Gasteiger partial charge in [-0.1, -0.05) is 6.07 Å². The SMILES string of the molecule is Cc1cc(C#N)ccc1-c1cc(N2CC3(COC3)C2)cc2ncnn12. The zero-order chi connectivity index (χ0) is 17.0. The number of hydrogen-bond donors (Lipinski definition) is 0. The van der Waals surface area contributed by atoms with Gasteiger partial charge in [0.15, 0.2) is 5.65 Å². The smallest absolute Gasteiger partial charge is 0.158 e. The standard InChI is InChI=1S/C19H17N5O/c1-13-4-14(7-20)2-3-16(13)17-5-15(6-18-21-12-22-24(17)18)23-8-19(9-23)10-25-11-19/h2-6,12H,8-11H2,1H3. The average molecular weight is 331 g/mol. The van der Waals surface area contributed by atoms with E-state index in [0.29, 0.717) is 11.0 Å². The summed E-state index contributed by atoms with van der Waals surface area (Å²) in [5.41, 5.74) is 6.15. The molecular weight excluding hydrogens is 314 g/mol. The van der Waals surface area contributed by atoms with Crippen molar-refractivity contribution in [3.05, 3.63) is 47.8 Å². The van der Waals surface area contributed by atoms with E-state index in [0.717, 1.165) is 54.5 Å². The van der Waals surface area contributed by atoms with Crippen LogP contribution in [0.3, 0.4) is 0 Å². The minimum Gasteiger partial charge on any atom is -0.380 e. The number of hydrogen-bond acceptors (Lipinski definition) is 5. The number of nitriles is 1. The lowest BCUT2D eigenvalue weighted by Crippen LogP contribution is -2.66. The van der Waals surface area contributed by atoms with E-state index in [1.165, 1.54) is 0 Å². The van der Waals surface area contributed by atoms with E-state index >= 15 is 0 Å². The van der Waals surface area contributed by atoms with Crippen molar-refractivity contribution in [2.45, 2.75) is 6.92 Å². The zero-order valence-electron chi connectivity index (χ0n) is 13.9. The lowest BCUT2D eigenvalue weighted by molar-refractivity contribution is -0.127. The third-order valence-electron chi connectivity index (χ3n) is 5.23. The van der Waals surface area contributed by atoms with Crippen molar-refractivity contribution in [1.29, 1.82) is 5.26 Å². The average Bonchev–Trinajstić information content (AvgIpc) is 3.00. The van der Waals surface area contributed by atoms with Gasteiger partial charge >= 0.3 is 0 Å². The Labute approximate surface area is 145 Å². The molecule has 25 heavy (non-hydrogen) atoms. The number of aromatic nitrogens is 3. The van der Waals surface area contributed by atoms with Crippen molar-refractivity contribution >= 4 is 11.3 Å². The molecule has 3 aromatic rings. The van der Waals surface area contributed by atoms with Crippen LogP contribution in [0.25, 0.3) is 16.9 Å². The maximum atomic E-state index is 9.10. The topological polar surface area (TPSA) is 66.5 Å². The highest BCUT2D eigenvalue weighted by molar-refractivity contribution is 5.73. The van der Waals surface area contributed by atoms with Crippen molar-refractivity contribution in [2.24, 2.45) is 5.41 Å². The second-order valence-electron chi connectivity index (χ2n) is 7.12. The van der Waals surface area contributed by atoms with Crippen LogP contribution in [-0.2, 0) is 4.74 Å². The highest BCUT2D eigenvalue weighted by atomic mass is 16.5. The molecule has 2 aliphatic rings. The minimum absolute atomic E-state index is 0.365. The lowest BCUT2D eigenvalue weighted by Gasteiger charge is -2.56. The van der Waals surface area contributed by atoms with Crippen LogP contribution in [0.4, 0.5) is 5.69 Å². The molecule has 6 heteroatoms. The van der Waals surface area contributed by atoms with Crippen LogP contribution in [-0.4, -0.2) is 40.9 Å². The molecule has 0 bridgehead atoms. The van der Waals surface area contributed by atoms with E-state index in [4.69, 9.17) is 10.00 Å². The third-order valence-corrected chi connectivity index (χ3v) is 5.23. The highest BCUT2D eigenvalue weighted by Crippen LogP contribution is 2.41. The highest BCUT2D eigenvalue weighted by Gasteiger charge is 2.49. The summed E-state index contributed by atoms with van der Waals surface area (Å²) in [6.07, 6.45) is 1.58. The van der Waals surface area contributed by atoms with Crippen molar-refractivity contribution < 1.29 is 4.74 Å². The van der Waals surface area contributed by atoms with Gasteiger partial charge in [0, 0.05) is 30.4 Å². The summed E-state index contributed by atoms with van der Waals surface area (Å²) in [4.78, 5) is 6.76. The van der Waals surface area contributed by atoms with E-state index in [1.807, 2.05) is 29.6 Å². The summed E-state index contributed by atoms with van der Waals surface area (Å²) in [5, 5.41) is 13.5. The first-order chi connectivity index (χ1) is 12.2. The van der Waals surface area contributed by atoms with Crippen LogP contribution in [0.1, 0.15) is 11.1 Å². The summed E-state index contributed by atoms with van der Waals surface area (Å²) in [6, 6.07) is 12.2. The van der Waals surface area contributed by atoms with Crippen LogP contribution in [0.5, 0.6) is 0 Å². The summed E-state index contributed by atoms with van der Waals surface area (Å²) < 4.78 is 7.23. The number of anilines is 1.